The maximum atomic E-state index is 12.5. The molecule has 0 amide bonds. The fraction of sp³-hybridized carbons (Fsp3) is 0.167. The summed E-state index contributed by atoms with van der Waals surface area (Å²) in [7, 11) is -4.56. The Labute approximate surface area is 98.4 Å². The number of pyridine rings is 1. The predicted octanol–water partition coefficient (Wildman–Crippen LogP) is 1.23. The number of aromatic nitrogens is 1. The molecular formula is C6H4ClF2N3O4S. The van der Waals surface area contributed by atoms with Crippen LogP contribution in [0.4, 0.5) is 14.5 Å². The van der Waals surface area contributed by atoms with Crippen LogP contribution >= 0.6 is 11.6 Å². The Morgan fingerprint density at radius 1 is 1.53 bits per heavy atom. The van der Waals surface area contributed by atoms with Crippen molar-refractivity contribution < 1.29 is 22.1 Å². The van der Waals surface area contributed by atoms with Crippen LogP contribution in [-0.2, 0) is 10.0 Å². The van der Waals surface area contributed by atoms with Gasteiger partial charge in [0.1, 0.15) is 10.6 Å². The van der Waals surface area contributed by atoms with E-state index in [1.165, 1.54) is 0 Å². The molecule has 0 fully saturated rings. The van der Waals surface area contributed by atoms with Crippen molar-refractivity contribution in [2.45, 2.75) is 11.3 Å². The van der Waals surface area contributed by atoms with Crippen LogP contribution in [0.15, 0.2) is 11.0 Å². The second-order valence-electron chi connectivity index (χ2n) is 2.78. The summed E-state index contributed by atoms with van der Waals surface area (Å²) in [5.41, 5.74) is -2.14. The lowest BCUT2D eigenvalue weighted by molar-refractivity contribution is -0.385. The molecule has 0 spiro atoms. The van der Waals surface area contributed by atoms with Crippen molar-refractivity contribution in [3.63, 3.8) is 0 Å². The number of nitrogens with zero attached hydrogens (tertiary/aromatic N) is 2. The number of halogens is 3. The smallest absolute Gasteiger partial charge is 0.258 e. The molecule has 0 aliphatic rings. The highest BCUT2D eigenvalue weighted by atomic mass is 35.5. The van der Waals surface area contributed by atoms with E-state index in [-0.39, 0.29) is 0 Å². The van der Waals surface area contributed by atoms with Crippen LogP contribution in [0.1, 0.15) is 12.1 Å². The van der Waals surface area contributed by atoms with Crippen molar-refractivity contribution in [1.29, 1.82) is 0 Å². The topological polar surface area (TPSA) is 116 Å². The highest BCUT2D eigenvalue weighted by molar-refractivity contribution is 7.89. The van der Waals surface area contributed by atoms with E-state index in [0.717, 1.165) is 0 Å². The first-order chi connectivity index (χ1) is 7.64. The molecule has 0 saturated carbocycles. The van der Waals surface area contributed by atoms with Crippen LogP contribution in [0.3, 0.4) is 0 Å². The minimum absolute atomic E-state index is 0.353. The van der Waals surface area contributed by atoms with E-state index in [4.69, 9.17) is 11.6 Å². The Balaban J connectivity index is 3.66. The average Bonchev–Trinajstić information content (AvgIpc) is 2.14. The first kappa shape index (κ1) is 13.7. The van der Waals surface area contributed by atoms with Gasteiger partial charge in [-0.05, 0) is 0 Å². The molecule has 11 heteroatoms. The molecule has 0 saturated heterocycles. The van der Waals surface area contributed by atoms with E-state index in [1.54, 1.807) is 0 Å². The summed E-state index contributed by atoms with van der Waals surface area (Å²) in [6.07, 6.45) is -3.28. The van der Waals surface area contributed by atoms with Gasteiger partial charge in [-0.15, -0.1) is 0 Å². The monoisotopic (exact) mass is 287 g/mol. The van der Waals surface area contributed by atoms with E-state index in [0.29, 0.717) is 6.07 Å². The third-order valence-electron chi connectivity index (χ3n) is 1.66. The molecule has 94 valence electrons. The second-order valence-corrected chi connectivity index (χ2v) is 4.67. The summed E-state index contributed by atoms with van der Waals surface area (Å²) in [5, 5.41) is 14.3. The minimum atomic E-state index is -4.56. The molecule has 0 radical (unpaired) electrons. The molecule has 17 heavy (non-hydrogen) atoms. The number of hydrogen-bond donors (Lipinski definition) is 1. The Morgan fingerprint density at radius 3 is 2.41 bits per heavy atom. The number of primary sulfonamides is 1. The molecule has 7 nitrogen and oxygen atoms in total. The van der Waals surface area contributed by atoms with E-state index in [9.17, 15) is 27.3 Å². The lowest BCUT2D eigenvalue weighted by atomic mass is 10.3. The van der Waals surface area contributed by atoms with Gasteiger partial charge in [0.25, 0.3) is 6.43 Å². The molecule has 1 rings (SSSR count). The van der Waals surface area contributed by atoms with Gasteiger partial charge < -0.3 is 0 Å². The number of nitro groups is 1. The number of rotatable bonds is 3. The third kappa shape index (κ3) is 2.84. The van der Waals surface area contributed by atoms with Crippen LogP contribution in [-0.4, -0.2) is 18.3 Å². The molecule has 0 aliphatic heterocycles. The van der Waals surface area contributed by atoms with Crippen molar-refractivity contribution in [2.24, 2.45) is 5.14 Å². The first-order valence-electron chi connectivity index (χ1n) is 3.80. The fourth-order valence-corrected chi connectivity index (χ4v) is 1.90. The quantitative estimate of drug-likeness (QED) is 0.510. The zero-order chi connectivity index (χ0) is 13.4. The van der Waals surface area contributed by atoms with Gasteiger partial charge in [-0.2, -0.15) is 0 Å². The number of hydrogen-bond acceptors (Lipinski definition) is 5. The van der Waals surface area contributed by atoms with Crippen molar-refractivity contribution >= 4 is 27.3 Å². The van der Waals surface area contributed by atoms with Crippen molar-refractivity contribution in [2.75, 3.05) is 0 Å². The molecule has 0 atom stereocenters. The van der Waals surface area contributed by atoms with Crippen LogP contribution in [0, 0.1) is 10.1 Å². The van der Waals surface area contributed by atoms with Gasteiger partial charge in [0.05, 0.1) is 4.92 Å². The van der Waals surface area contributed by atoms with Crippen LogP contribution < -0.4 is 5.14 Å². The van der Waals surface area contributed by atoms with Gasteiger partial charge in [0.15, 0.2) is 0 Å². The third-order valence-corrected chi connectivity index (χ3v) is 2.88. The van der Waals surface area contributed by atoms with Crippen molar-refractivity contribution in [1.82, 2.24) is 4.98 Å². The largest absolute Gasteiger partial charge is 0.307 e. The molecule has 0 bridgehead atoms. The summed E-state index contributed by atoms with van der Waals surface area (Å²) in [5.74, 6) is 0. The summed E-state index contributed by atoms with van der Waals surface area (Å²) < 4.78 is 46.9. The highest BCUT2D eigenvalue weighted by Crippen LogP contribution is 2.31. The van der Waals surface area contributed by atoms with Gasteiger partial charge in [-0.1, -0.05) is 11.6 Å². The molecule has 1 heterocycles. The molecule has 0 unspecified atom stereocenters. The first-order valence-corrected chi connectivity index (χ1v) is 5.72. The standard InChI is InChI=1S/C6H4ClF2N3O4S/c7-5-2(12(13)14)1-3(17(10,15)16)4(11-5)6(8)9/h1,6H,(H2,10,15,16). The van der Waals surface area contributed by atoms with Crippen molar-refractivity contribution in [3.8, 4) is 0 Å². The Hall–Kier alpha value is -1.39. The van der Waals surface area contributed by atoms with Crippen molar-refractivity contribution in [3.05, 3.63) is 27.0 Å². The minimum Gasteiger partial charge on any atom is -0.258 e. The summed E-state index contributed by atoms with van der Waals surface area (Å²) >= 11 is 5.27. The Kier molecular flexibility index (Phi) is 3.59. The van der Waals surface area contributed by atoms with Gasteiger partial charge in [0.2, 0.25) is 15.2 Å². The number of nitrogens with two attached hydrogens (primary N) is 1. The van der Waals surface area contributed by atoms with Gasteiger partial charge >= 0.3 is 5.69 Å². The van der Waals surface area contributed by atoms with E-state index < -0.39 is 42.8 Å². The predicted molar refractivity (Wildman–Crippen MR) is 52.2 cm³/mol. The van der Waals surface area contributed by atoms with Gasteiger partial charge in [-0.25, -0.2) is 27.3 Å². The molecular weight excluding hydrogens is 284 g/mol. The second kappa shape index (κ2) is 4.47. The molecule has 0 aromatic carbocycles. The normalized spacial score (nSPS) is 11.8. The van der Waals surface area contributed by atoms with E-state index in [2.05, 4.69) is 10.1 Å². The van der Waals surface area contributed by atoms with Gasteiger partial charge in [0, 0.05) is 6.07 Å². The Morgan fingerprint density at radius 2 is 2.06 bits per heavy atom. The molecule has 1 aromatic rings. The SMILES string of the molecule is NS(=O)(=O)c1cc([N+](=O)[O-])c(Cl)nc1C(F)F. The number of alkyl halides is 2. The van der Waals surface area contributed by atoms with Crippen LogP contribution in [0.2, 0.25) is 5.15 Å². The van der Waals surface area contributed by atoms with Crippen LogP contribution in [0.25, 0.3) is 0 Å². The maximum Gasteiger partial charge on any atom is 0.307 e. The number of sulfonamides is 1. The highest BCUT2D eigenvalue weighted by Gasteiger charge is 2.28. The zero-order valence-electron chi connectivity index (χ0n) is 7.80. The molecule has 0 aliphatic carbocycles. The fourth-order valence-electron chi connectivity index (χ4n) is 0.988. The maximum absolute atomic E-state index is 12.5. The summed E-state index contributed by atoms with van der Waals surface area (Å²) in [4.78, 5) is 11.2. The lowest BCUT2D eigenvalue weighted by Crippen LogP contribution is -2.16. The Bertz CT molecular complexity index is 577. The van der Waals surface area contributed by atoms with E-state index in [1.807, 2.05) is 0 Å². The molecule has 2 N–H and O–H groups in total. The molecule has 1 aromatic heterocycles. The summed E-state index contributed by atoms with van der Waals surface area (Å²) in [6.45, 7) is 0. The van der Waals surface area contributed by atoms with E-state index >= 15 is 0 Å². The zero-order valence-corrected chi connectivity index (χ0v) is 9.37. The summed E-state index contributed by atoms with van der Waals surface area (Å²) in [6, 6.07) is 0.353. The lowest BCUT2D eigenvalue weighted by Gasteiger charge is -2.06. The van der Waals surface area contributed by atoms with Crippen LogP contribution in [0.5, 0.6) is 0 Å². The van der Waals surface area contributed by atoms with Gasteiger partial charge in [-0.3, -0.25) is 10.1 Å². The average molecular weight is 288 g/mol.